The molecule has 0 spiro atoms. The summed E-state index contributed by atoms with van der Waals surface area (Å²) >= 11 is 5.41. The Balaban J connectivity index is 1.45. The summed E-state index contributed by atoms with van der Waals surface area (Å²) < 4.78 is 7.23. The lowest BCUT2D eigenvalue weighted by atomic mass is 10.0. The zero-order valence-corrected chi connectivity index (χ0v) is 16.2. The van der Waals surface area contributed by atoms with Crippen LogP contribution in [0.4, 0.5) is 11.4 Å². The van der Waals surface area contributed by atoms with E-state index in [0.717, 1.165) is 17.1 Å². The van der Waals surface area contributed by atoms with Gasteiger partial charge in [0.25, 0.3) is 0 Å². The van der Waals surface area contributed by atoms with Crippen molar-refractivity contribution in [2.45, 2.75) is 6.54 Å². The predicted octanol–water partition coefficient (Wildman–Crippen LogP) is 4.90. The molecule has 3 aromatic carbocycles. The van der Waals surface area contributed by atoms with Crippen LogP contribution in [0.1, 0.15) is 5.56 Å². The number of para-hydroxylation sites is 2. The quantitative estimate of drug-likeness (QED) is 0.476. The first-order valence-electron chi connectivity index (χ1n) is 8.93. The number of fused-ring (bicyclic) bond motifs is 1. The SMILES string of the molecule is COc1ccccc1NC(=S)Nc1cnn(Cc2cccc3ccccc23)c1. The molecule has 6 heteroatoms. The number of hydrogen-bond acceptors (Lipinski definition) is 3. The van der Waals surface area contributed by atoms with E-state index >= 15 is 0 Å². The van der Waals surface area contributed by atoms with Gasteiger partial charge in [-0.1, -0.05) is 54.6 Å². The van der Waals surface area contributed by atoms with Gasteiger partial charge in [0.2, 0.25) is 0 Å². The van der Waals surface area contributed by atoms with E-state index in [4.69, 9.17) is 17.0 Å². The highest BCUT2D eigenvalue weighted by Gasteiger charge is 2.07. The van der Waals surface area contributed by atoms with Crippen LogP contribution in [0.5, 0.6) is 5.75 Å². The summed E-state index contributed by atoms with van der Waals surface area (Å²) in [5, 5.41) is 13.7. The van der Waals surface area contributed by atoms with Crippen LogP contribution in [0.3, 0.4) is 0 Å². The monoisotopic (exact) mass is 388 g/mol. The van der Waals surface area contributed by atoms with Crippen molar-refractivity contribution in [3.8, 4) is 5.75 Å². The molecule has 0 saturated carbocycles. The lowest BCUT2D eigenvalue weighted by molar-refractivity contribution is 0.417. The average Bonchev–Trinajstić information content (AvgIpc) is 3.15. The van der Waals surface area contributed by atoms with Crippen molar-refractivity contribution in [2.24, 2.45) is 0 Å². The van der Waals surface area contributed by atoms with Crippen molar-refractivity contribution in [1.82, 2.24) is 9.78 Å². The van der Waals surface area contributed by atoms with E-state index < -0.39 is 0 Å². The second-order valence-electron chi connectivity index (χ2n) is 6.34. The van der Waals surface area contributed by atoms with E-state index in [1.54, 1.807) is 13.3 Å². The van der Waals surface area contributed by atoms with Crippen molar-refractivity contribution >= 4 is 39.5 Å². The molecule has 0 aliphatic heterocycles. The molecule has 4 aromatic rings. The molecule has 0 fully saturated rings. The number of anilines is 2. The maximum absolute atomic E-state index is 5.41. The Kier molecular flexibility index (Phi) is 5.21. The summed E-state index contributed by atoms with van der Waals surface area (Å²) in [7, 11) is 1.63. The number of nitrogens with zero attached hydrogens (tertiary/aromatic N) is 2. The first-order valence-corrected chi connectivity index (χ1v) is 9.34. The molecule has 0 saturated heterocycles. The second-order valence-corrected chi connectivity index (χ2v) is 6.75. The second kappa shape index (κ2) is 8.10. The minimum absolute atomic E-state index is 0.481. The fourth-order valence-corrected chi connectivity index (χ4v) is 3.38. The molecule has 1 heterocycles. The first kappa shape index (κ1) is 18.0. The largest absolute Gasteiger partial charge is 0.495 e. The topological polar surface area (TPSA) is 51.1 Å². The molecule has 4 rings (SSSR count). The van der Waals surface area contributed by atoms with Gasteiger partial charge in [-0.25, -0.2) is 0 Å². The van der Waals surface area contributed by atoms with Gasteiger partial charge in [-0.05, 0) is 40.7 Å². The van der Waals surface area contributed by atoms with Crippen molar-refractivity contribution < 1.29 is 4.74 Å². The molecular weight excluding hydrogens is 368 g/mol. The van der Waals surface area contributed by atoms with Gasteiger partial charge in [-0.3, -0.25) is 4.68 Å². The molecule has 5 nitrogen and oxygen atoms in total. The van der Waals surface area contributed by atoms with E-state index in [1.807, 2.05) is 35.1 Å². The molecule has 0 unspecified atom stereocenters. The zero-order valence-electron chi connectivity index (χ0n) is 15.4. The maximum Gasteiger partial charge on any atom is 0.175 e. The van der Waals surface area contributed by atoms with Crippen LogP contribution < -0.4 is 15.4 Å². The smallest absolute Gasteiger partial charge is 0.175 e. The van der Waals surface area contributed by atoms with E-state index in [1.165, 1.54) is 16.3 Å². The van der Waals surface area contributed by atoms with E-state index in [2.05, 4.69) is 58.2 Å². The number of methoxy groups -OCH3 is 1. The Bertz CT molecular complexity index is 1120. The van der Waals surface area contributed by atoms with Crippen LogP contribution in [0, 0.1) is 0 Å². The van der Waals surface area contributed by atoms with Crippen LogP contribution in [0.15, 0.2) is 79.1 Å². The van der Waals surface area contributed by atoms with Gasteiger partial charge in [0.05, 0.1) is 31.2 Å². The van der Waals surface area contributed by atoms with Gasteiger partial charge >= 0.3 is 0 Å². The minimum Gasteiger partial charge on any atom is -0.495 e. The average molecular weight is 388 g/mol. The summed E-state index contributed by atoms with van der Waals surface area (Å²) in [6.45, 7) is 0.690. The van der Waals surface area contributed by atoms with Gasteiger partial charge in [0, 0.05) is 6.20 Å². The third-order valence-corrected chi connectivity index (χ3v) is 4.66. The molecule has 0 bridgehead atoms. The van der Waals surface area contributed by atoms with Gasteiger partial charge < -0.3 is 15.4 Å². The summed E-state index contributed by atoms with van der Waals surface area (Å²) in [5.74, 6) is 0.735. The Morgan fingerprint density at radius 3 is 2.68 bits per heavy atom. The van der Waals surface area contributed by atoms with Crippen molar-refractivity contribution in [1.29, 1.82) is 0 Å². The zero-order chi connectivity index (χ0) is 19.3. The highest BCUT2D eigenvalue weighted by molar-refractivity contribution is 7.80. The van der Waals surface area contributed by atoms with Crippen LogP contribution in [0.25, 0.3) is 10.8 Å². The molecule has 1 aromatic heterocycles. The highest BCUT2D eigenvalue weighted by atomic mass is 32.1. The maximum atomic E-state index is 5.41. The lowest BCUT2D eigenvalue weighted by Crippen LogP contribution is -2.19. The molecule has 0 amide bonds. The fraction of sp³-hybridized carbons (Fsp3) is 0.0909. The minimum atomic E-state index is 0.481. The standard InChI is InChI=1S/C22H20N4OS/c1-27-21-12-5-4-11-20(21)25-22(28)24-18-13-23-26(15-18)14-17-9-6-8-16-7-2-3-10-19(16)17/h2-13,15H,14H2,1H3,(H2,24,25,28). The molecule has 0 atom stereocenters. The number of nitrogens with one attached hydrogen (secondary N) is 2. The highest BCUT2D eigenvalue weighted by Crippen LogP contribution is 2.23. The Morgan fingerprint density at radius 2 is 1.79 bits per heavy atom. The summed E-state index contributed by atoms with van der Waals surface area (Å²) in [6, 6.07) is 22.3. The molecule has 28 heavy (non-hydrogen) atoms. The number of ether oxygens (including phenoxy) is 1. The van der Waals surface area contributed by atoms with Crippen LogP contribution >= 0.6 is 12.2 Å². The summed E-state index contributed by atoms with van der Waals surface area (Å²) in [4.78, 5) is 0. The Hall–Kier alpha value is -3.38. The number of benzene rings is 3. The molecule has 0 aliphatic rings. The van der Waals surface area contributed by atoms with Crippen molar-refractivity contribution in [3.05, 3.63) is 84.7 Å². The van der Waals surface area contributed by atoms with Gasteiger partial charge in [-0.15, -0.1) is 0 Å². The van der Waals surface area contributed by atoms with Gasteiger partial charge in [-0.2, -0.15) is 5.10 Å². The van der Waals surface area contributed by atoms with Crippen LogP contribution in [-0.4, -0.2) is 22.0 Å². The lowest BCUT2D eigenvalue weighted by Gasteiger charge is -2.12. The molecule has 0 radical (unpaired) electrons. The van der Waals surface area contributed by atoms with Gasteiger partial charge in [0.15, 0.2) is 5.11 Å². The summed E-state index contributed by atoms with van der Waals surface area (Å²) in [5.41, 5.74) is 2.86. The molecule has 0 aliphatic carbocycles. The normalized spacial score (nSPS) is 10.6. The van der Waals surface area contributed by atoms with Crippen LogP contribution in [0.2, 0.25) is 0 Å². The number of rotatable bonds is 5. The predicted molar refractivity (Wildman–Crippen MR) is 118 cm³/mol. The van der Waals surface area contributed by atoms with Crippen molar-refractivity contribution in [2.75, 3.05) is 17.7 Å². The van der Waals surface area contributed by atoms with Crippen LogP contribution in [-0.2, 0) is 6.54 Å². The third kappa shape index (κ3) is 3.97. The van der Waals surface area contributed by atoms with Crippen molar-refractivity contribution in [3.63, 3.8) is 0 Å². The first-order chi connectivity index (χ1) is 13.7. The van der Waals surface area contributed by atoms with E-state index in [9.17, 15) is 0 Å². The third-order valence-electron chi connectivity index (χ3n) is 4.46. The van der Waals surface area contributed by atoms with E-state index in [-0.39, 0.29) is 0 Å². The molecular formula is C22H20N4OS. The van der Waals surface area contributed by atoms with E-state index in [0.29, 0.717) is 11.7 Å². The Labute approximate surface area is 169 Å². The number of hydrogen-bond donors (Lipinski definition) is 2. The fourth-order valence-electron chi connectivity index (χ4n) is 3.15. The molecule has 2 N–H and O–H groups in total. The summed E-state index contributed by atoms with van der Waals surface area (Å²) in [6.07, 6.45) is 3.71. The number of aromatic nitrogens is 2. The number of thiocarbonyl (C=S) groups is 1. The Morgan fingerprint density at radius 1 is 1.00 bits per heavy atom. The molecule has 140 valence electrons. The van der Waals surface area contributed by atoms with Gasteiger partial charge in [0.1, 0.15) is 5.75 Å².